The monoisotopic (exact) mass is 342 g/mol. The molecule has 0 amide bonds. The van der Waals surface area contributed by atoms with E-state index < -0.39 is 0 Å². The van der Waals surface area contributed by atoms with Crippen LogP contribution in [0.5, 0.6) is 0 Å². The van der Waals surface area contributed by atoms with Gasteiger partial charge in [0.2, 0.25) is 0 Å². The summed E-state index contributed by atoms with van der Waals surface area (Å²) in [5.74, 6) is 1.08. The van der Waals surface area contributed by atoms with Crippen LogP contribution in [-0.2, 0) is 7.05 Å². The lowest BCUT2D eigenvalue weighted by Crippen LogP contribution is -2.01. The summed E-state index contributed by atoms with van der Waals surface area (Å²) >= 11 is 9.37. The summed E-state index contributed by atoms with van der Waals surface area (Å²) in [4.78, 5) is 0. The van der Waals surface area contributed by atoms with E-state index in [4.69, 9.17) is 17.3 Å². The molecule has 0 fully saturated rings. The first kappa shape index (κ1) is 14.2. The lowest BCUT2D eigenvalue weighted by Gasteiger charge is -2.09. The number of halogens is 2. The number of nitrogens with two attached hydrogens (primary N) is 1. The molecule has 0 aliphatic carbocycles. The molecule has 0 spiro atoms. The summed E-state index contributed by atoms with van der Waals surface area (Å²) in [6.07, 6.45) is 0. The van der Waals surface area contributed by atoms with Crippen molar-refractivity contribution in [2.24, 2.45) is 7.05 Å². The average Bonchev–Trinajstić information content (AvgIpc) is 2.62. The van der Waals surface area contributed by atoms with Crippen molar-refractivity contribution in [3.63, 3.8) is 0 Å². The molecule has 4 nitrogen and oxygen atoms in total. The third-order valence-electron chi connectivity index (χ3n) is 2.84. The van der Waals surface area contributed by atoms with Crippen LogP contribution in [0.1, 0.15) is 25.5 Å². The van der Waals surface area contributed by atoms with Gasteiger partial charge in [0.15, 0.2) is 5.82 Å². The van der Waals surface area contributed by atoms with E-state index in [-0.39, 0.29) is 0 Å². The van der Waals surface area contributed by atoms with Crippen LogP contribution in [0.4, 0.5) is 17.2 Å². The van der Waals surface area contributed by atoms with Crippen molar-refractivity contribution in [2.45, 2.75) is 19.8 Å². The van der Waals surface area contributed by atoms with Gasteiger partial charge in [0.25, 0.3) is 0 Å². The molecule has 1 aromatic heterocycles. The van der Waals surface area contributed by atoms with Crippen molar-refractivity contribution in [1.82, 2.24) is 9.78 Å². The third-order valence-corrected chi connectivity index (χ3v) is 4.06. The molecular weight excluding hydrogens is 328 g/mol. The van der Waals surface area contributed by atoms with Crippen LogP contribution < -0.4 is 11.1 Å². The lowest BCUT2D eigenvalue weighted by molar-refractivity contribution is 0.718. The molecule has 19 heavy (non-hydrogen) atoms. The zero-order valence-electron chi connectivity index (χ0n) is 11.0. The summed E-state index contributed by atoms with van der Waals surface area (Å²) in [5.41, 5.74) is 8.63. The zero-order valence-corrected chi connectivity index (χ0v) is 13.4. The molecule has 0 aliphatic rings. The molecule has 0 unspecified atom stereocenters. The number of rotatable bonds is 3. The van der Waals surface area contributed by atoms with Gasteiger partial charge in [-0.1, -0.05) is 25.4 Å². The number of benzene rings is 1. The van der Waals surface area contributed by atoms with Crippen molar-refractivity contribution in [3.8, 4) is 0 Å². The van der Waals surface area contributed by atoms with E-state index in [2.05, 4.69) is 40.2 Å². The van der Waals surface area contributed by atoms with E-state index in [1.165, 1.54) is 0 Å². The Hall–Kier alpha value is -1.20. The number of hydrogen-bond acceptors (Lipinski definition) is 3. The van der Waals surface area contributed by atoms with Gasteiger partial charge in [-0.3, -0.25) is 4.68 Å². The van der Waals surface area contributed by atoms with Crippen molar-refractivity contribution in [3.05, 3.63) is 33.4 Å². The molecule has 3 N–H and O–H groups in total. The highest BCUT2D eigenvalue weighted by atomic mass is 79.9. The van der Waals surface area contributed by atoms with E-state index in [9.17, 15) is 0 Å². The van der Waals surface area contributed by atoms with Gasteiger partial charge in [-0.15, -0.1) is 0 Å². The van der Waals surface area contributed by atoms with Gasteiger partial charge in [0, 0.05) is 17.2 Å². The van der Waals surface area contributed by atoms with Gasteiger partial charge in [-0.25, -0.2) is 0 Å². The standard InChI is InChI=1S/C13H16BrClN4/c1-7(2)12-11(16)13(19(3)18-12)17-8-4-5-10(15)9(14)6-8/h4-7,17H,16H2,1-3H3. The highest BCUT2D eigenvalue weighted by Crippen LogP contribution is 2.32. The number of anilines is 3. The Bertz CT molecular complexity index is 607. The molecule has 1 heterocycles. The Balaban J connectivity index is 2.35. The van der Waals surface area contributed by atoms with Crippen molar-refractivity contribution < 1.29 is 0 Å². The topological polar surface area (TPSA) is 55.9 Å². The summed E-state index contributed by atoms with van der Waals surface area (Å²) in [5, 5.41) is 8.38. The number of nitrogens with zero attached hydrogens (tertiary/aromatic N) is 2. The molecule has 6 heteroatoms. The summed E-state index contributed by atoms with van der Waals surface area (Å²) < 4.78 is 2.59. The maximum Gasteiger partial charge on any atom is 0.152 e. The van der Waals surface area contributed by atoms with Gasteiger partial charge >= 0.3 is 0 Å². The van der Waals surface area contributed by atoms with Crippen LogP contribution in [0.15, 0.2) is 22.7 Å². The average molecular weight is 344 g/mol. The molecule has 0 atom stereocenters. The van der Waals surface area contributed by atoms with Crippen LogP contribution >= 0.6 is 27.5 Å². The van der Waals surface area contributed by atoms with E-state index in [1.54, 1.807) is 4.68 Å². The molecule has 102 valence electrons. The molecule has 2 aromatic rings. The van der Waals surface area contributed by atoms with E-state index in [0.29, 0.717) is 16.6 Å². The first-order valence-electron chi connectivity index (χ1n) is 5.94. The second-order valence-electron chi connectivity index (χ2n) is 4.68. The Labute approximate surface area is 126 Å². The Kier molecular flexibility index (Phi) is 4.06. The van der Waals surface area contributed by atoms with Gasteiger partial charge in [-0.05, 0) is 40.0 Å². The van der Waals surface area contributed by atoms with Gasteiger partial charge in [0.1, 0.15) is 0 Å². The summed E-state index contributed by atoms with van der Waals surface area (Å²) in [6, 6.07) is 5.63. The zero-order chi connectivity index (χ0) is 14.2. The predicted molar refractivity (Wildman–Crippen MR) is 84.1 cm³/mol. The van der Waals surface area contributed by atoms with Gasteiger partial charge in [-0.2, -0.15) is 5.10 Å². The lowest BCUT2D eigenvalue weighted by atomic mass is 10.1. The van der Waals surface area contributed by atoms with Crippen LogP contribution in [0, 0.1) is 0 Å². The second-order valence-corrected chi connectivity index (χ2v) is 5.94. The van der Waals surface area contributed by atoms with Crippen molar-refractivity contribution in [2.75, 3.05) is 11.1 Å². The normalized spacial score (nSPS) is 11.1. The smallest absolute Gasteiger partial charge is 0.152 e. The molecule has 0 saturated carbocycles. The van der Waals surface area contributed by atoms with E-state index in [0.717, 1.165) is 21.7 Å². The molecule has 0 radical (unpaired) electrons. The fourth-order valence-electron chi connectivity index (χ4n) is 1.85. The van der Waals surface area contributed by atoms with Crippen LogP contribution in [0.2, 0.25) is 5.02 Å². The van der Waals surface area contributed by atoms with Crippen LogP contribution in [0.3, 0.4) is 0 Å². The SMILES string of the molecule is CC(C)c1nn(C)c(Nc2ccc(Cl)c(Br)c2)c1N. The molecular formula is C13H16BrClN4. The van der Waals surface area contributed by atoms with Crippen LogP contribution in [0.25, 0.3) is 0 Å². The highest BCUT2D eigenvalue weighted by molar-refractivity contribution is 9.10. The Morgan fingerprint density at radius 2 is 2.11 bits per heavy atom. The molecule has 0 bridgehead atoms. The Morgan fingerprint density at radius 1 is 1.42 bits per heavy atom. The number of nitrogen functional groups attached to an aromatic ring is 1. The second kappa shape index (κ2) is 5.43. The molecule has 0 aliphatic heterocycles. The van der Waals surface area contributed by atoms with E-state index in [1.807, 2.05) is 25.2 Å². The quantitative estimate of drug-likeness (QED) is 0.874. The first-order valence-corrected chi connectivity index (χ1v) is 7.11. The maximum atomic E-state index is 6.14. The molecule has 2 rings (SSSR count). The minimum atomic E-state index is 0.290. The highest BCUT2D eigenvalue weighted by Gasteiger charge is 2.16. The number of aromatic nitrogens is 2. The number of nitrogens with one attached hydrogen (secondary N) is 1. The number of hydrogen-bond donors (Lipinski definition) is 2. The minimum absolute atomic E-state index is 0.290. The van der Waals surface area contributed by atoms with Crippen LogP contribution in [-0.4, -0.2) is 9.78 Å². The molecule has 0 saturated heterocycles. The predicted octanol–water partition coefficient (Wildman–Crippen LogP) is 4.29. The fraction of sp³-hybridized carbons (Fsp3) is 0.308. The van der Waals surface area contributed by atoms with Crippen molar-refractivity contribution in [1.29, 1.82) is 0 Å². The first-order chi connectivity index (χ1) is 8.90. The third kappa shape index (κ3) is 2.87. The largest absolute Gasteiger partial charge is 0.394 e. The molecule has 1 aromatic carbocycles. The van der Waals surface area contributed by atoms with Gasteiger partial charge < -0.3 is 11.1 Å². The maximum absolute atomic E-state index is 6.14. The van der Waals surface area contributed by atoms with Gasteiger partial charge in [0.05, 0.1) is 16.4 Å². The van der Waals surface area contributed by atoms with E-state index >= 15 is 0 Å². The summed E-state index contributed by atoms with van der Waals surface area (Å²) in [6.45, 7) is 4.14. The van der Waals surface area contributed by atoms with Crippen molar-refractivity contribution >= 4 is 44.7 Å². The number of aryl methyl sites for hydroxylation is 1. The summed E-state index contributed by atoms with van der Waals surface area (Å²) in [7, 11) is 1.87. The minimum Gasteiger partial charge on any atom is -0.394 e. The fourth-order valence-corrected chi connectivity index (χ4v) is 2.34. The Morgan fingerprint density at radius 3 is 2.63 bits per heavy atom.